The lowest BCUT2D eigenvalue weighted by Crippen LogP contribution is -2.70. The van der Waals surface area contributed by atoms with Gasteiger partial charge in [0.1, 0.15) is 17.5 Å². The molecule has 0 aromatic heterocycles. The molecule has 1 aromatic carbocycles. The van der Waals surface area contributed by atoms with Crippen LogP contribution in [0.3, 0.4) is 0 Å². The summed E-state index contributed by atoms with van der Waals surface area (Å²) in [5.74, 6) is -1.58. The van der Waals surface area contributed by atoms with E-state index in [0.717, 1.165) is 0 Å². The molecular weight excluding hydrogens is 340 g/mol. The molecule has 2 saturated heterocycles. The zero-order chi connectivity index (χ0) is 17.0. The van der Waals surface area contributed by atoms with Crippen molar-refractivity contribution in [1.29, 1.82) is 0 Å². The van der Waals surface area contributed by atoms with E-state index in [2.05, 4.69) is 4.72 Å². The van der Waals surface area contributed by atoms with E-state index in [0.29, 0.717) is 0 Å². The SMILES string of the molecule is CC1(C)SC2C(NS(=O)(=O)c3ccccc3)C(=O)N2C1C(=O)O. The van der Waals surface area contributed by atoms with Gasteiger partial charge in [-0.2, -0.15) is 4.72 Å². The van der Waals surface area contributed by atoms with Crippen molar-refractivity contribution in [2.75, 3.05) is 0 Å². The fourth-order valence-electron chi connectivity index (χ4n) is 2.96. The Balaban J connectivity index is 1.83. The quantitative estimate of drug-likeness (QED) is 0.761. The Hall–Kier alpha value is -1.58. The second-order valence-electron chi connectivity index (χ2n) is 6.01. The van der Waals surface area contributed by atoms with E-state index in [4.69, 9.17) is 0 Å². The maximum Gasteiger partial charge on any atom is 0.327 e. The van der Waals surface area contributed by atoms with Crippen LogP contribution in [0.1, 0.15) is 13.8 Å². The van der Waals surface area contributed by atoms with E-state index < -0.39 is 44.1 Å². The third kappa shape index (κ3) is 2.52. The van der Waals surface area contributed by atoms with Crippen LogP contribution in [0, 0.1) is 0 Å². The van der Waals surface area contributed by atoms with Crippen LogP contribution in [-0.4, -0.2) is 52.5 Å². The Kier molecular flexibility index (Phi) is 3.69. The van der Waals surface area contributed by atoms with E-state index >= 15 is 0 Å². The van der Waals surface area contributed by atoms with Crippen molar-refractivity contribution in [1.82, 2.24) is 9.62 Å². The normalized spacial score (nSPS) is 29.0. The summed E-state index contributed by atoms with van der Waals surface area (Å²) in [6.45, 7) is 3.48. The van der Waals surface area contributed by atoms with Crippen molar-refractivity contribution in [3.05, 3.63) is 30.3 Å². The van der Waals surface area contributed by atoms with Crippen LogP contribution in [0.25, 0.3) is 0 Å². The van der Waals surface area contributed by atoms with Crippen molar-refractivity contribution in [2.45, 2.75) is 40.9 Å². The number of hydrogen-bond donors (Lipinski definition) is 2. The maximum atomic E-state index is 12.3. The van der Waals surface area contributed by atoms with Gasteiger partial charge in [0.05, 0.1) is 4.90 Å². The highest BCUT2D eigenvalue weighted by Gasteiger charge is 2.64. The van der Waals surface area contributed by atoms with Gasteiger partial charge >= 0.3 is 5.97 Å². The molecule has 0 spiro atoms. The van der Waals surface area contributed by atoms with Crippen LogP contribution in [-0.2, 0) is 19.6 Å². The lowest BCUT2D eigenvalue weighted by Gasteiger charge is -2.43. The average Bonchev–Trinajstić information content (AvgIpc) is 2.74. The standard InChI is InChI=1S/C14H16N2O5S2/c1-14(2)10(13(18)19)16-11(17)9(12(16)22-14)15-23(20,21)8-6-4-3-5-7-8/h3-7,9-10,12,15H,1-2H3,(H,18,19). The summed E-state index contributed by atoms with van der Waals surface area (Å²) in [4.78, 5) is 25.0. The number of carboxylic acids is 1. The number of amides is 1. The number of hydrogen-bond acceptors (Lipinski definition) is 5. The summed E-state index contributed by atoms with van der Waals surface area (Å²) in [5, 5.41) is 8.84. The number of sulfonamides is 1. The highest BCUT2D eigenvalue weighted by Crippen LogP contribution is 2.50. The van der Waals surface area contributed by atoms with Crippen LogP contribution >= 0.6 is 11.8 Å². The second kappa shape index (κ2) is 5.22. The van der Waals surface area contributed by atoms with Gasteiger partial charge < -0.3 is 10.0 Å². The molecule has 2 fully saturated rings. The lowest BCUT2D eigenvalue weighted by atomic mass is 9.96. The van der Waals surface area contributed by atoms with Gasteiger partial charge in [-0.15, -0.1) is 11.8 Å². The third-order valence-corrected chi connectivity index (χ3v) is 7.04. The number of benzene rings is 1. The Morgan fingerprint density at radius 1 is 1.30 bits per heavy atom. The lowest BCUT2D eigenvalue weighted by molar-refractivity contribution is -0.159. The van der Waals surface area contributed by atoms with Crippen LogP contribution in [0.5, 0.6) is 0 Å². The monoisotopic (exact) mass is 356 g/mol. The van der Waals surface area contributed by atoms with Gasteiger partial charge in [-0.1, -0.05) is 18.2 Å². The molecule has 2 N–H and O–H groups in total. The number of aliphatic carboxylic acids is 1. The number of rotatable bonds is 4. The van der Waals surface area contributed by atoms with Gasteiger partial charge in [0, 0.05) is 4.75 Å². The van der Waals surface area contributed by atoms with Gasteiger partial charge in [-0.25, -0.2) is 13.2 Å². The molecule has 3 unspecified atom stereocenters. The highest BCUT2D eigenvalue weighted by molar-refractivity contribution is 8.01. The highest BCUT2D eigenvalue weighted by atomic mass is 32.2. The Morgan fingerprint density at radius 2 is 1.91 bits per heavy atom. The van der Waals surface area contributed by atoms with Crippen molar-refractivity contribution in [3.63, 3.8) is 0 Å². The number of nitrogens with one attached hydrogen (secondary N) is 1. The molecule has 9 heteroatoms. The molecule has 1 aromatic rings. The molecule has 7 nitrogen and oxygen atoms in total. The summed E-state index contributed by atoms with van der Waals surface area (Å²) in [6.07, 6.45) is 0. The first-order valence-electron chi connectivity index (χ1n) is 6.95. The molecule has 2 aliphatic rings. The number of carbonyl (C=O) groups excluding carboxylic acids is 1. The van der Waals surface area contributed by atoms with E-state index in [1.54, 1.807) is 32.0 Å². The number of thioether (sulfide) groups is 1. The summed E-state index contributed by atoms with van der Waals surface area (Å²) in [6, 6.07) is 5.87. The number of carboxylic acid groups (broad SMARTS) is 1. The van der Waals surface area contributed by atoms with Crippen molar-refractivity contribution < 1.29 is 23.1 Å². The van der Waals surface area contributed by atoms with Crippen LogP contribution in [0.15, 0.2) is 35.2 Å². The molecule has 0 saturated carbocycles. The molecule has 0 aliphatic carbocycles. The van der Waals surface area contributed by atoms with Crippen LogP contribution in [0.2, 0.25) is 0 Å². The molecule has 0 bridgehead atoms. The largest absolute Gasteiger partial charge is 0.480 e. The van der Waals surface area contributed by atoms with Crippen molar-refractivity contribution >= 4 is 33.7 Å². The Labute approximate surface area is 138 Å². The number of fused-ring (bicyclic) bond motifs is 1. The first kappa shape index (κ1) is 16.3. The van der Waals surface area contributed by atoms with Crippen LogP contribution in [0.4, 0.5) is 0 Å². The van der Waals surface area contributed by atoms with Gasteiger partial charge in [0.2, 0.25) is 15.9 Å². The molecule has 2 heterocycles. The number of carbonyl (C=O) groups is 2. The molecule has 2 aliphatic heterocycles. The van der Waals surface area contributed by atoms with Gasteiger partial charge in [-0.05, 0) is 26.0 Å². The predicted molar refractivity (Wildman–Crippen MR) is 84.3 cm³/mol. The minimum absolute atomic E-state index is 0.0725. The predicted octanol–water partition coefficient (Wildman–Crippen LogP) is 0.480. The van der Waals surface area contributed by atoms with E-state index in [-0.39, 0.29) is 4.90 Å². The Bertz CT molecular complexity index is 763. The van der Waals surface area contributed by atoms with Gasteiger partial charge in [-0.3, -0.25) is 4.79 Å². The van der Waals surface area contributed by atoms with Gasteiger partial charge in [0.25, 0.3) is 0 Å². The minimum Gasteiger partial charge on any atom is -0.480 e. The van der Waals surface area contributed by atoms with Crippen molar-refractivity contribution in [3.8, 4) is 0 Å². The first-order chi connectivity index (χ1) is 10.6. The summed E-state index contributed by atoms with van der Waals surface area (Å²) in [5.41, 5.74) is 0. The minimum atomic E-state index is -3.83. The average molecular weight is 356 g/mol. The molecule has 124 valence electrons. The van der Waals surface area contributed by atoms with Crippen molar-refractivity contribution in [2.24, 2.45) is 0 Å². The van der Waals surface area contributed by atoms with Gasteiger partial charge in [0.15, 0.2) is 0 Å². The summed E-state index contributed by atoms with van der Waals surface area (Å²) < 4.78 is 26.4. The first-order valence-corrected chi connectivity index (χ1v) is 9.31. The number of nitrogens with zero attached hydrogens (tertiary/aromatic N) is 1. The zero-order valence-electron chi connectivity index (χ0n) is 12.5. The molecule has 1 amide bonds. The topological polar surface area (TPSA) is 104 Å². The summed E-state index contributed by atoms with van der Waals surface area (Å²) in [7, 11) is -3.83. The molecule has 3 atom stereocenters. The van der Waals surface area contributed by atoms with E-state index in [1.165, 1.54) is 28.8 Å². The summed E-state index contributed by atoms with van der Waals surface area (Å²) >= 11 is 1.30. The fraction of sp³-hybridized carbons (Fsp3) is 0.429. The van der Waals surface area contributed by atoms with E-state index in [9.17, 15) is 23.1 Å². The molecule has 0 radical (unpaired) electrons. The molecule has 23 heavy (non-hydrogen) atoms. The Morgan fingerprint density at radius 3 is 2.48 bits per heavy atom. The second-order valence-corrected chi connectivity index (χ2v) is 9.50. The number of β-lactam (4-membered cyclic amide) rings is 1. The van der Waals surface area contributed by atoms with Crippen LogP contribution < -0.4 is 4.72 Å². The maximum absolute atomic E-state index is 12.3. The zero-order valence-corrected chi connectivity index (χ0v) is 14.1. The van der Waals surface area contributed by atoms with E-state index in [1.807, 2.05) is 0 Å². The fourth-order valence-corrected chi connectivity index (χ4v) is 5.88. The molecule has 3 rings (SSSR count). The molecular formula is C14H16N2O5S2. The smallest absolute Gasteiger partial charge is 0.327 e. The third-order valence-electron chi connectivity index (χ3n) is 4.01.